The van der Waals surface area contributed by atoms with Crippen LogP contribution in [0.15, 0.2) is 18.5 Å². The first-order chi connectivity index (χ1) is 8.45. The van der Waals surface area contributed by atoms with Gasteiger partial charge in [-0.2, -0.15) is 13.2 Å². The predicted octanol–water partition coefficient (Wildman–Crippen LogP) is 3.24. The van der Waals surface area contributed by atoms with E-state index in [0.717, 1.165) is 12.0 Å². The van der Waals surface area contributed by atoms with E-state index >= 15 is 0 Å². The molecule has 0 spiro atoms. The molecule has 2 nitrogen and oxygen atoms in total. The fraction of sp³-hybridized carbons (Fsp3) is 0.692. The van der Waals surface area contributed by atoms with Crippen molar-refractivity contribution in [2.24, 2.45) is 13.0 Å². The van der Waals surface area contributed by atoms with Gasteiger partial charge in [0, 0.05) is 32.0 Å². The van der Waals surface area contributed by atoms with Crippen LogP contribution in [0, 0.1) is 5.92 Å². The van der Waals surface area contributed by atoms with Gasteiger partial charge in [0.15, 0.2) is 0 Å². The maximum absolute atomic E-state index is 12.7. The summed E-state index contributed by atoms with van der Waals surface area (Å²) in [6, 6.07) is 1.97. The molecule has 1 saturated carbocycles. The van der Waals surface area contributed by atoms with Crippen LogP contribution in [0.3, 0.4) is 0 Å². The number of hydrogen-bond donors (Lipinski definition) is 1. The minimum atomic E-state index is -4.03. The molecule has 2 rings (SSSR count). The summed E-state index contributed by atoms with van der Waals surface area (Å²) in [6.45, 7) is 0.649. The molecule has 18 heavy (non-hydrogen) atoms. The maximum Gasteiger partial charge on any atom is 0.391 e. The summed E-state index contributed by atoms with van der Waals surface area (Å²) in [6.07, 6.45) is 1.90. The van der Waals surface area contributed by atoms with Crippen LogP contribution in [0.5, 0.6) is 0 Å². The van der Waals surface area contributed by atoms with Crippen LogP contribution in [-0.2, 0) is 13.6 Å². The van der Waals surface area contributed by atoms with Crippen LogP contribution in [0.1, 0.15) is 31.2 Å². The van der Waals surface area contributed by atoms with Crippen molar-refractivity contribution in [3.63, 3.8) is 0 Å². The summed E-state index contributed by atoms with van der Waals surface area (Å²) in [5.74, 6) is -1.13. The number of nitrogens with one attached hydrogen (secondary N) is 1. The Hall–Kier alpha value is -0.970. The second-order valence-electron chi connectivity index (χ2n) is 5.17. The quantitative estimate of drug-likeness (QED) is 0.883. The maximum atomic E-state index is 12.7. The molecular weight excluding hydrogens is 241 g/mol. The summed E-state index contributed by atoms with van der Waals surface area (Å²) >= 11 is 0. The van der Waals surface area contributed by atoms with E-state index in [1.165, 1.54) is 0 Å². The lowest BCUT2D eigenvalue weighted by molar-refractivity contribution is -0.183. The monoisotopic (exact) mass is 260 g/mol. The lowest BCUT2D eigenvalue weighted by atomic mass is 9.85. The molecule has 0 bridgehead atoms. The van der Waals surface area contributed by atoms with E-state index in [0.29, 0.717) is 13.0 Å². The topological polar surface area (TPSA) is 17.0 Å². The van der Waals surface area contributed by atoms with Crippen molar-refractivity contribution in [3.8, 4) is 0 Å². The van der Waals surface area contributed by atoms with E-state index in [1.54, 1.807) is 0 Å². The number of alkyl halides is 3. The SMILES string of the molecule is Cn1ccc(CNC2CCCC(C(F)(F)F)C2)c1. The molecule has 1 heterocycles. The molecule has 0 radical (unpaired) electrons. The molecule has 1 fully saturated rings. The van der Waals surface area contributed by atoms with E-state index in [-0.39, 0.29) is 18.9 Å². The van der Waals surface area contributed by atoms with Crippen molar-refractivity contribution in [1.29, 1.82) is 0 Å². The van der Waals surface area contributed by atoms with Crippen molar-refractivity contribution in [2.45, 2.75) is 44.4 Å². The third-order valence-electron chi connectivity index (χ3n) is 3.63. The molecule has 1 aromatic heterocycles. The molecule has 102 valence electrons. The largest absolute Gasteiger partial charge is 0.391 e. The molecule has 0 saturated heterocycles. The Balaban J connectivity index is 1.83. The Morgan fingerprint density at radius 1 is 1.39 bits per heavy atom. The number of nitrogens with zero attached hydrogens (tertiary/aromatic N) is 1. The Morgan fingerprint density at radius 3 is 2.78 bits per heavy atom. The summed E-state index contributed by atoms with van der Waals surface area (Å²) in [7, 11) is 1.93. The van der Waals surface area contributed by atoms with Crippen LogP contribution < -0.4 is 5.32 Å². The van der Waals surface area contributed by atoms with Crippen LogP contribution >= 0.6 is 0 Å². The molecule has 2 atom stereocenters. The van der Waals surface area contributed by atoms with Gasteiger partial charge in [-0.25, -0.2) is 0 Å². The third-order valence-corrected chi connectivity index (χ3v) is 3.63. The normalized spacial score (nSPS) is 25.3. The number of halogens is 3. The second-order valence-corrected chi connectivity index (χ2v) is 5.17. The predicted molar refractivity (Wildman–Crippen MR) is 64.1 cm³/mol. The zero-order valence-corrected chi connectivity index (χ0v) is 10.5. The molecule has 2 unspecified atom stereocenters. The third kappa shape index (κ3) is 3.51. The van der Waals surface area contributed by atoms with Crippen molar-refractivity contribution in [1.82, 2.24) is 9.88 Å². The average Bonchev–Trinajstić information content (AvgIpc) is 2.72. The highest BCUT2D eigenvalue weighted by molar-refractivity contribution is 5.09. The number of rotatable bonds is 3. The van der Waals surface area contributed by atoms with Gasteiger partial charge in [0.05, 0.1) is 5.92 Å². The highest BCUT2D eigenvalue weighted by atomic mass is 19.4. The summed E-state index contributed by atoms with van der Waals surface area (Å²) in [4.78, 5) is 0. The van der Waals surface area contributed by atoms with E-state index in [9.17, 15) is 13.2 Å². The second kappa shape index (κ2) is 5.34. The standard InChI is InChI=1S/C13H19F3N2/c1-18-6-5-10(9-18)8-17-12-4-2-3-11(7-12)13(14,15)16/h5-6,9,11-12,17H,2-4,7-8H2,1H3. The molecule has 5 heteroatoms. The average molecular weight is 260 g/mol. The molecule has 0 amide bonds. The van der Waals surface area contributed by atoms with Gasteiger partial charge in [0.25, 0.3) is 0 Å². The Kier molecular flexibility index (Phi) is 4.00. The van der Waals surface area contributed by atoms with Crippen molar-refractivity contribution in [2.75, 3.05) is 0 Å². The van der Waals surface area contributed by atoms with E-state index in [1.807, 2.05) is 30.1 Å². The lowest BCUT2D eigenvalue weighted by Crippen LogP contribution is -2.38. The van der Waals surface area contributed by atoms with Crippen LogP contribution in [0.2, 0.25) is 0 Å². The Bertz CT molecular complexity index is 384. The van der Waals surface area contributed by atoms with Crippen molar-refractivity contribution in [3.05, 3.63) is 24.0 Å². The van der Waals surface area contributed by atoms with Crippen LogP contribution in [0.25, 0.3) is 0 Å². The van der Waals surface area contributed by atoms with E-state index in [4.69, 9.17) is 0 Å². The lowest BCUT2D eigenvalue weighted by Gasteiger charge is -2.31. The minimum absolute atomic E-state index is 0.00872. The zero-order valence-electron chi connectivity index (χ0n) is 10.5. The van der Waals surface area contributed by atoms with Crippen molar-refractivity contribution < 1.29 is 13.2 Å². The molecule has 0 aromatic carbocycles. The fourth-order valence-electron chi connectivity index (χ4n) is 2.60. The first kappa shape index (κ1) is 13.5. The number of aromatic nitrogens is 1. The highest BCUT2D eigenvalue weighted by Gasteiger charge is 2.41. The molecule has 1 aromatic rings. The summed E-state index contributed by atoms with van der Waals surface area (Å²) in [5, 5.41) is 3.24. The van der Waals surface area contributed by atoms with Gasteiger partial charge in [0.1, 0.15) is 0 Å². The van der Waals surface area contributed by atoms with Gasteiger partial charge in [-0.15, -0.1) is 0 Å². The van der Waals surface area contributed by atoms with Gasteiger partial charge in [-0.05, 0) is 30.9 Å². The molecule has 0 aliphatic heterocycles. The Morgan fingerprint density at radius 2 is 2.17 bits per heavy atom. The highest BCUT2D eigenvalue weighted by Crippen LogP contribution is 2.37. The fourth-order valence-corrected chi connectivity index (χ4v) is 2.60. The first-order valence-electron chi connectivity index (χ1n) is 6.36. The molecular formula is C13H19F3N2. The van der Waals surface area contributed by atoms with E-state index < -0.39 is 12.1 Å². The Labute approximate surface area is 105 Å². The van der Waals surface area contributed by atoms with Crippen LogP contribution in [0.4, 0.5) is 13.2 Å². The minimum Gasteiger partial charge on any atom is -0.357 e. The van der Waals surface area contributed by atoms with Gasteiger partial charge in [-0.3, -0.25) is 0 Å². The van der Waals surface area contributed by atoms with Gasteiger partial charge < -0.3 is 9.88 Å². The van der Waals surface area contributed by atoms with E-state index in [2.05, 4.69) is 5.32 Å². The summed E-state index contributed by atoms with van der Waals surface area (Å²) < 4.78 is 39.9. The van der Waals surface area contributed by atoms with Gasteiger partial charge in [0.2, 0.25) is 0 Å². The molecule has 1 aliphatic rings. The van der Waals surface area contributed by atoms with Crippen molar-refractivity contribution >= 4 is 0 Å². The van der Waals surface area contributed by atoms with Gasteiger partial charge in [-0.1, -0.05) is 6.42 Å². The van der Waals surface area contributed by atoms with Gasteiger partial charge >= 0.3 is 6.18 Å². The molecule has 1 N–H and O–H groups in total. The number of hydrogen-bond acceptors (Lipinski definition) is 1. The zero-order chi connectivity index (χ0) is 13.2. The smallest absolute Gasteiger partial charge is 0.357 e. The first-order valence-corrected chi connectivity index (χ1v) is 6.36. The number of aryl methyl sites for hydroxylation is 1. The molecule has 1 aliphatic carbocycles. The van der Waals surface area contributed by atoms with Crippen LogP contribution in [-0.4, -0.2) is 16.8 Å². The summed E-state index contributed by atoms with van der Waals surface area (Å²) in [5.41, 5.74) is 1.12.